The molecule has 15 heavy (non-hydrogen) atoms. The second-order valence-corrected chi connectivity index (χ2v) is 5.62. The highest BCUT2D eigenvalue weighted by atomic mass is 32.1. The maximum atomic E-state index is 5.41. The van der Waals surface area contributed by atoms with Crippen molar-refractivity contribution in [3.63, 3.8) is 0 Å². The van der Waals surface area contributed by atoms with E-state index >= 15 is 0 Å². The van der Waals surface area contributed by atoms with E-state index in [1.807, 2.05) is 6.20 Å². The molecule has 0 aliphatic rings. The highest BCUT2D eigenvalue weighted by molar-refractivity contribution is 7.13. The van der Waals surface area contributed by atoms with Crippen molar-refractivity contribution < 1.29 is 4.42 Å². The van der Waals surface area contributed by atoms with Gasteiger partial charge in [-0.25, -0.2) is 4.98 Å². The molecule has 0 fully saturated rings. The largest absolute Gasteiger partial charge is 0.442 e. The molecule has 0 N–H and O–H groups in total. The van der Waals surface area contributed by atoms with Crippen LogP contribution in [0.3, 0.4) is 0 Å². The highest BCUT2D eigenvalue weighted by Crippen LogP contribution is 2.30. The van der Waals surface area contributed by atoms with Gasteiger partial charge in [-0.15, -0.1) is 11.3 Å². The molecule has 0 saturated heterocycles. The lowest BCUT2D eigenvalue weighted by molar-refractivity contribution is 0.406. The minimum absolute atomic E-state index is 0.219. The van der Waals surface area contributed by atoms with E-state index in [1.165, 1.54) is 6.39 Å². The van der Waals surface area contributed by atoms with E-state index in [0.717, 1.165) is 22.8 Å². The molecule has 2 heterocycles. The van der Waals surface area contributed by atoms with Gasteiger partial charge in [0, 0.05) is 6.20 Å². The molecule has 0 spiro atoms. The SMILES string of the molecule is CC(C)(C)Cc1ncoc1-c1cncs1. The van der Waals surface area contributed by atoms with E-state index in [0.29, 0.717) is 0 Å². The van der Waals surface area contributed by atoms with E-state index in [-0.39, 0.29) is 5.41 Å². The molecule has 0 atom stereocenters. The lowest BCUT2D eigenvalue weighted by Gasteiger charge is -2.16. The Morgan fingerprint density at radius 3 is 2.80 bits per heavy atom. The normalized spacial score (nSPS) is 11.9. The molecule has 2 aromatic heterocycles. The molecule has 0 aliphatic carbocycles. The van der Waals surface area contributed by atoms with E-state index in [1.54, 1.807) is 16.8 Å². The summed E-state index contributed by atoms with van der Waals surface area (Å²) in [5, 5.41) is 0. The first-order valence-electron chi connectivity index (χ1n) is 4.87. The van der Waals surface area contributed by atoms with Crippen LogP contribution in [0.4, 0.5) is 0 Å². The summed E-state index contributed by atoms with van der Waals surface area (Å²) in [5.74, 6) is 0.868. The summed E-state index contributed by atoms with van der Waals surface area (Å²) in [7, 11) is 0. The number of hydrogen-bond donors (Lipinski definition) is 0. The predicted molar refractivity (Wildman–Crippen MR) is 60.8 cm³/mol. The molecular weight excluding hydrogens is 208 g/mol. The first kappa shape index (κ1) is 10.4. The first-order chi connectivity index (χ1) is 7.06. The van der Waals surface area contributed by atoms with Gasteiger partial charge in [0.2, 0.25) is 0 Å². The van der Waals surface area contributed by atoms with E-state index in [2.05, 4.69) is 30.7 Å². The fourth-order valence-electron chi connectivity index (χ4n) is 1.43. The van der Waals surface area contributed by atoms with Gasteiger partial charge in [-0.2, -0.15) is 0 Å². The average molecular weight is 222 g/mol. The fraction of sp³-hybridized carbons (Fsp3) is 0.455. The lowest BCUT2D eigenvalue weighted by atomic mass is 9.90. The molecule has 0 unspecified atom stereocenters. The van der Waals surface area contributed by atoms with Gasteiger partial charge in [0.1, 0.15) is 0 Å². The zero-order chi connectivity index (χ0) is 10.9. The van der Waals surface area contributed by atoms with Crippen molar-refractivity contribution in [1.29, 1.82) is 0 Å². The van der Waals surface area contributed by atoms with Crippen molar-refractivity contribution in [3.8, 4) is 10.6 Å². The summed E-state index contributed by atoms with van der Waals surface area (Å²) in [6, 6.07) is 0. The number of oxazole rings is 1. The van der Waals surface area contributed by atoms with Gasteiger partial charge in [-0.1, -0.05) is 20.8 Å². The molecule has 0 radical (unpaired) electrons. The Morgan fingerprint density at radius 2 is 2.20 bits per heavy atom. The zero-order valence-electron chi connectivity index (χ0n) is 9.15. The molecule has 0 aromatic carbocycles. The van der Waals surface area contributed by atoms with Gasteiger partial charge in [-0.05, 0) is 11.8 Å². The first-order valence-corrected chi connectivity index (χ1v) is 5.75. The van der Waals surface area contributed by atoms with Crippen molar-refractivity contribution >= 4 is 11.3 Å². The average Bonchev–Trinajstić information content (AvgIpc) is 2.68. The second kappa shape index (κ2) is 3.77. The third-order valence-electron chi connectivity index (χ3n) is 2.00. The summed E-state index contributed by atoms with van der Waals surface area (Å²) in [5.41, 5.74) is 3.04. The summed E-state index contributed by atoms with van der Waals surface area (Å²) in [4.78, 5) is 9.36. The van der Waals surface area contributed by atoms with Gasteiger partial charge < -0.3 is 4.42 Å². The third kappa shape index (κ3) is 2.45. The standard InChI is InChI=1S/C11H14N2OS/c1-11(2,3)4-8-10(14-6-13-8)9-5-12-7-15-9/h5-7H,4H2,1-3H3. The predicted octanol–water partition coefficient (Wildman–Crippen LogP) is 3.39. The molecule has 2 aromatic rings. The Kier molecular flexibility index (Phi) is 2.61. The van der Waals surface area contributed by atoms with Crippen LogP contribution < -0.4 is 0 Å². The van der Waals surface area contributed by atoms with E-state index in [4.69, 9.17) is 4.42 Å². The van der Waals surface area contributed by atoms with Crippen LogP contribution in [-0.2, 0) is 6.42 Å². The van der Waals surface area contributed by atoms with Crippen LogP contribution in [0.1, 0.15) is 26.5 Å². The molecule has 2 rings (SSSR count). The topological polar surface area (TPSA) is 38.9 Å². The molecular formula is C11H14N2OS. The van der Waals surface area contributed by atoms with Crippen LogP contribution >= 0.6 is 11.3 Å². The van der Waals surface area contributed by atoms with Crippen LogP contribution in [0, 0.1) is 5.41 Å². The van der Waals surface area contributed by atoms with Gasteiger partial charge in [0.05, 0.1) is 16.1 Å². The van der Waals surface area contributed by atoms with Gasteiger partial charge in [-0.3, -0.25) is 4.98 Å². The lowest BCUT2D eigenvalue weighted by Crippen LogP contribution is -2.09. The van der Waals surface area contributed by atoms with Gasteiger partial charge in [0.25, 0.3) is 0 Å². The van der Waals surface area contributed by atoms with Crippen LogP contribution in [-0.4, -0.2) is 9.97 Å². The molecule has 0 saturated carbocycles. The maximum Gasteiger partial charge on any atom is 0.181 e. The monoisotopic (exact) mass is 222 g/mol. The van der Waals surface area contributed by atoms with Crippen molar-refractivity contribution in [2.45, 2.75) is 27.2 Å². The molecule has 0 aliphatic heterocycles. The molecule has 0 bridgehead atoms. The summed E-state index contributed by atoms with van der Waals surface area (Å²) >= 11 is 1.58. The summed E-state index contributed by atoms with van der Waals surface area (Å²) in [6.07, 6.45) is 4.24. The highest BCUT2D eigenvalue weighted by Gasteiger charge is 2.19. The third-order valence-corrected chi connectivity index (χ3v) is 2.77. The Morgan fingerprint density at radius 1 is 1.40 bits per heavy atom. The smallest absolute Gasteiger partial charge is 0.181 e. The molecule has 80 valence electrons. The minimum Gasteiger partial charge on any atom is -0.442 e. The summed E-state index contributed by atoms with van der Waals surface area (Å²) in [6.45, 7) is 6.58. The number of rotatable bonds is 2. The van der Waals surface area contributed by atoms with Crippen molar-refractivity contribution in [1.82, 2.24) is 9.97 Å². The van der Waals surface area contributed by atoms with Gasteiger partial charge >= 0.3 is 0 Å². The maximum absolute atomic E-state index is 5.41. The van der Waals surface area contributed by atoms with Gasteiger partial charge in [0.15, 0.2) is 12.2 Å². The van der Waals surface area contributed by atoms with Crippen LogP contribution in [0.15, 0.2) is 22.5 Å². The van der Waals surface area contributed by atoms with Crippen LogP contribution in [0.5, 0.6) is 0 Å². The quantitative estimate of drug-likeness (QED) is 0.781. The fourth-order valence-corrected chi connectivity index (χ4v) is 2.06. The Bertz CT molecular complexity index is 426. The number of hydrogen-bond acceptors (Lipinski definition) is 4. The Labute approximate surface area is 93.2 Å². The van der Waals surface area contributed by atoms with Crippen LogP contribution in [0.25, 0.3) is 10.6 Å². The Balaban J connectivity index is 2.31. The summed E-state index contributed by atoms with van der Waals surface area (Å²) < 4.78 is 5.41. The zero-order valence-corrected chi connectivity index (χ0v) is 9.97. The van der Waals surface area contributed by atoms with Crippen molar-refractivity contribution in [2.24, 2.45) is 5.41 Å². The van der Waals surface area contributed by atoms with Crippen LogP contribution in [0.2, 0.25) is 0 Å². The van der Waals surface area contributed by atoms with Crippen molar-refractivity contribution in [3.05, 3.63) is 23.8 Å². The van der Waals surface area contributed by atoms with E-state index in [9.17, 15) is 0 Å². The second-order valence-electron chi connectivity index (χ2n) is 4.73. The number of aromatic nitrogens is 2. The number of nitrogens with zero attached hydrogens (tertiary/aromatic N) is 2. The number of thiazole rings is 1. The van der Waals surface area contributed by atoms with E-state index < -0.39 is 0 Å². The minimum atomic E-state index is 0.219. The Hall–Kier alpha value is -1.16. The molecule has 4 heteroatoms. The molecule has 3 nitrogen and oxygen atoms in total. The molecule has 0 amide bonds. The van der Waals surface area contributed by atoms with Crippen molar-refractivity contribution in [2.75, 3.05) is 0 Å².